The highest BCUT2D eigenvalue weighted by molar-refractivity contribution is 7.80. The molecule has 2 atom stereocenters. The van der Waals surface area contributed by atoms with Crippen molar-refractivity contribution in [3.05, 3.63) is 46.9 Å². The average Bonchev–Trinajstić information content (AvgIpc) is 3.42. The van der Waals surface area contributed by atoms with E-state index in [9.17, 15) is 27.9 Å². The number of aromatic nitrogens is 1. The lowest BCUT2D eigenvalue weighted by atomic mass is 9.84. The summed E-state index contributed by atoms with van der Waals surface area (Å²) in [7, 11) is -3.51. The average molecular weight is 701 g/mol. The normalized spacial score (nSPS) is 17.3. The van der Waals surface area contributed by atoms with Crippen LogP contribution in [0.4, 0.5) is 9.52 Å². The standard InChI is InChI=1S/C26H33FN8O10S2/c1-26(2)21(23(37)35(26)45-47(40,41)42)33-22(36)20(18-13-46-25(29)32-18)34-44-19(24(38)39)12-43-15-5-6-16(17(27)9-15)14(10-30-3)11-31-8-4-7-28/h5-6,9-11,13,19,21,31H,4,7-8,12,28H2,1-3H3,(H2,29,32)(H,33,36)(H,38,39)(H,40,41,42)/b14-11+,30-10+,34-20-/t19-,21+/m0/s1. The van der Waals surface area contributed by atoms with Crippen molar-refractivity contribution in [2.75, 3.05) is 32.5 Å². The molecule has 0 radical (unpaired) electrons. The lowest BCUT2D eigenvalue weighted by Gasteiger charge is -2.50. The molecule has 0 aliphatic carbocycles. The van der Waals surface area contributed by atoms with Gasteiger partial charge >= 0.3 is 16.4 Å². The maximum atomic E-state index is 15.0. The van der Waals surface area contributed by atoms with Crippen LogP contribution in [0.1, 0.15) is 31.5 Å². The maximum Gasteiger partial charge on any atom is 0.418 e. The van der Waals surface area contributed by atoms with Crippen molar-refractivity contribution < 1.29 is 50.7 Å². The Balaban J connectivity index is 1.76. The minimum atomic E-state index is -5.04. The Hall–Kier alpha value is -4.70. The van der Waals surface area contributed by atoms with Crippen molar-refractivity contribution in [1.29, 1.82) is 0 Å². The number of allylic oxidation sites excluding steroid dienone is 1. The van der Waals surface area contributed by atoms with Crippen molar-refractivity contribution in [3.63, 3.8) is 0 Å². The van der Waals surface area contributed by atoms with E-state index in [1.165, 1.54) is 44.6 Å². The van der Waals surface area contributed by atoms with Crippen LogP contribution in [0.5, 0.6) is 5.75 Å². The molecule has 1 aromatic carbocycles. The molecule has 1 aliphatic heterocycles. The molecule has 1 fully saturated rings. The molecule has 8 N–H and O–H groups in total. The first-order valence-electron chi connectivity index (χ1n) is 13.6. The number of aliphatic imine (C=N–C) groups is 1. The summed E-state index contributed by atoms with van der Waals surface area (Å²) in [6.07, 6.45) is 1.93. The smallest absolute Gasteiger partial charge is 0.418 e. The van der Waals surface area contributed by atoms with E-state index in [0.29, 0.717) is 30.1 Å². The minimum absolute atomic E-state index is 0.0198. The number of nitrogens with zero attached hydrogens (tertiary/aromatic N) is 4. The summed E-state index contributed by atoms with van der Waals surface area (Å²) in [5.74, 6) is -4.38. The Labute approximate surface area is 272 Å². The van der Waals surface area contributed by atoms with Gasteiger partial charge in [0.05, 0.1) is 5.54 Å². The molecule has 21 heteroatoms. The molecule has 2 amide bonds. The fourth-order valence-electron chi connectivity index (χ4n) is 3.98. The number of β-lactam (4-membered cyclic amide) rings is 1. The van der Waals surface area contributed by atoms with Crippen molar-refractivity contribution in [2.45, 2.75) is 38.0 Å². The van der Waals surface area contributed by atoms with E-state index in [1.807, 2.05) is 0 Å². The molecule has 2 heterocycles. The number of nitrogens with two attached hydrogens (primary N) is 2. The molecule has 3 rings (SSSR count). The Bertz CT molecular complexity index is 1680. The first-order valence-corrected chi connectivity index (χ1v) is 15.8. The van der Waals surface area contributed by atoms with Crippen molar-refractivity contribution in [2.24, 2.45) is 15.9 Å². The van der Waals surface area contributed by atoms with Crippen molar-refractivity contribution >= 4 is 62.2 Å². The highest BCUT2D eigenvalue weighted by Gasteiger charge is 2.58. The Morgan fingerprint density at radius 1 is 1.34 bits per heavy atom. The number of anilines is 1. The highest BCUT2D eigenvalue weighted by atomic mass is 32.3. The number of carbonyl (C=O) groups is 3. The second-order valence-electron chi connectivity index (χ2n) is 10.2. The summed E-state index contributed by atoms with van der Waals surface area (Å²) < 4.78 is 55.8. The van der Waals surface area contributed by atoms with Crippen LogP contribution >= 0.6 is 11.3 Å². The number of nitrogen functional groups attached to an aromatic ring is 1. The molecule has 0 saturated carbocycles. The van der Waals surface area contributed by atoms with Gasteiger partial charge in [0.2, 0.25) is 0 Å². The molecule has 18 nitrogen and oxygen atoms in total. The van der Waals surface area contributed by atoms with Gasteiger partial charge in [-0.3, -0.25) is 19.1 Å². The lowest BCUT2D eigenvalue weighted by molar-refractivity contribution is -0.218. The van der Waals surface area contributed by atoms with Crippen molar-refractivity contribution in [1.82, 2.24) is 20.7 Å². The summed E-state index contributed by atoms with van der Waals surface area (Å²) in [4.78, 5) is 50.6. The molecular formula is C26H33FN8O10S2. The minimum Gasteiger partial charge on any atom is -0.489 e. The van der Waals surface area contributed by atoms with Gasteiger partial charge in [-0.2, -0.15) is 13.5 Å². The van der Waals surface area contributed by atoms with E-state index in [0.717, 1.165) is 17.4 Å². The summed E-state index contributed by atoms with van der Waals surface area (Å²) in [5.41, 5.74) is 9.59. The number of hydroxylamine groups is 2. The number of hydrogen-bond donors (Lipinski definition) is 6. The molecule has 0 spiro atoms. The number of carboxylic acids is 1. The molecular weight excluding hydrogens is 667 g/mol. The number of nitrogens with one attached hydrogen (secondary N) is 2. The Morgan fingerprint density at radius 2 is 2.06 bits per heavy atom. The fourth-order valence-corrected chi connectivity index (χ4v) is 4.99. The SMILES string of the molecule is C/N=C/C(=C\NCCCN)c1ccc(OC[C@H](O/N=C(\C(=O)N[C@@H]2C(=O)N(OS(=O)(=O)O)C2(C)C)c2csc(N)n2)C(=O)O)cc1F. The number of carbonyl (C=O) groups excluding carboxylic acids is 2. The van der Waals surface area contributed by atoms with E-state index in [-0.39, 0.29) is 22.1 Å². The van der Waals surface area contributed by atoms with Crippen LogP contribution < -0.4 is 26.8 Å². The Kier molecular flexibility index (Phi) is 12.3. The third-order valence-corrected chi connectivity index (χ3v) is 7.36. The third kappa shape index (κ3) is 9.65. The Morgan fingerprint density at radius 3 is 2.62 bits per heavy atom. The summed E-state index contributed by atoms with van der Waals surface area (Å²) >= 11 is 0.921. The number of rotatable bonds is 17. The van der Waals surface area contributed by atoms with Gasteiger partial charge in [0.1, 0.15) is 29.9 Å². The van der Waals surface area contributed by atoms with Crippen LogP contribution in [0, 0.1) is 5.82 Å². The largest absolute Gasteiger partial charge is 0.489 e. The monoisotopic (exact) mass is 700 g/mol. The van der Waals surface area contributed by atoms with Gasteiger partial charge < -0.3 is 36.8 Å². The quantitative estimate of drug-likeness (QED) is 0.0415. The van der Waals surface area contributed by atoms with E-state index < -0.39 is 64.0 Å². The van der Waals surface area contributed by atoms with Crippen LogP contribution in [-0.2, 0) is 33.9 Å². The zero-order chi connectivity index (χ0) is 34.9. The first-order chi connectivity index (χ1) is 22.1. The van der Waals surface area contributed by atoms with Gasteiger partial charge in [-0.15, -0.1) is 15.6 Å². The van der Waals surface area contributed by atoms with E-state index in [2.05, 4.69) is 30.0 Å². The van der Waals surface area contributed by atoms with Gasteiger partial charge in [0.25, 0.3) is 17.9 Å². The molecule has 2 aromatic rings. The third-order valence-electron chi connectivity index (χ3n) is 6.35. The number of halogens is 1. The number of carboxylic acid groups (broad SMARTS) is 1. The lowest BCUT2D eigenvalue weighted by Crippen LogP contribution is -2.76. The number of hydrogen-bond acceptors (Lipinski definition) is 15. The molecule has 1 aromatic heterocycles. The molecule has 0 unspecified atom stereocenters. The summed E-state index contributed by atoms with van der Waals surface area (Å²) in [5, 5.41) is 20.4. The first kappa shape index (κ1) is 36.8. The predicted octanol–water partition coefficient (Wildman–Crippen LogP) is -0.0628. The molecule has 1 aliphatic rings. The van der Waals surface area contributed by atoms with Crippen LogP contribution in [-0.4, -0.2) is 102 Å². The second kappa shape index (κ2) is 15.7. The fraction of sp³-hybridized carbons (Fsp3) is 0.385. The number of ether oxygens (including phenoxy) is 1. The molecule has 1 saturated heterocycles. The van der Waals surface area contributed by atoms with Crippen LogP contribution in [0.25, 0.3) is 5.57 Å². The molecule has 0 bridgehead atoms. The van der Waals surface area contributed by atoms with Gasteiger partial charge in [0.15, 0.2) is 10.8 Å². The number of oxime groups is 1. The predicted molar refractivity (Wildman–Crippen MR) is 167 cm³/mol. The summed E-state index contributed by atoms with van der Waals surface area (Å²) in [6.45, 7) is 3.04. The number of benzene rings is 1. The number of amides is 2. The molecule has 256 valence electrons. The zero-order valence-corrected chi connectivity index (χ0v) is 26.9. The van der Waals surface area contributed by atoms with Crippen LogP contribution in [0.3, 0.4) is 0 Å². The second-order valence-corrected chi connectivity index (χ2v) is 12.1. The van der Waals surface area contributed by atoms with E-state index >= 15 is 4.39 Å². The van der Waals surface area contributed by atoms with E-state index in [1.54, 1.807) is 6.20 Å². The van der Waals surface area contributed by atoms with Gasteiger partial charge in [-0.05, 0) is 38.9 Å². The van der Waals surface area contributed by atoms with Crippen LogP contribution in [0.2, 0.25) is 0 Å². The zero-order valence-electron chi connectivity index (χ0n) is 25.2. The highest BCUT2D eigenvalue weighted by Crippen LogP contribution is 2.33. The van der Waals surface area contributed by atoms with E-state index in [4.69, 9.17) is 25.6 Å². The summed E-state index contributed by atoms with van der Waals surface area (Å²) in [6, 6.07) is 2.49. The number of aliphatic carboxylic acids is 1. The maximum absolute atomic E-state index is 15.0. The van der Waals surface area contributed by atoms with Gasteiger partial charge in [0, 0.05) is 48.6 Å². The van der Waals surface area contributed by atoms with Gasteiger partial charge in [-0.25, -0.2) is 14.2 Å². The topological polar surface area (TPSA) is 270 Å². The molecule has 47 heavy (non-hydrogen) atoms. The van der Waals surface area contributed by atoms with Crippen molar-refractivity contribution in [3.8, 4) is 5.75 Å². The van der Waals surface area contributed by atoms with Crippen LogP contribution in [0.15, 0.2) is 39.9 Å². The van der Waals surface area contributed by atoms with Gasteiger partial charge in [-0.1, -0.05) is 5.16 Å². The number of thiazole rings is 1.